The van der Waals surface area contributed by atoms with Gasteiger partial charge >= 0.3 is 0 Å². The summed E-state index contributed by atoms with van der Waals surface area (Å²) in [6, 6.07) is 14.6. The molecule has 2 aliphatic rings. The normalized spacial score (nSPS) is 20.8. The number of likely N-dealkylation sites (tertiary alicyclic amines) is 1. The Morgan fingerprint density at radius 1 is 0.971 bits per heavy atom. The number of anilines is 2. The summed E-state index contributed by atoms with van der Waals surface area (Å²) in [5.74, 6) is -0.930. The van der Waals surface area contributed by atoms with E-state index in [-0.39, 0.29) is 35.2 Å². The number of thiocarbonyl (C=S) groups is 1. The molecule has 2 unspecified atom stereocenters. The van der Waals surface area contributed by atoms with E-state index in [9.17, 15) is 14.4 Å². The second-order valence-corrected chi connectivity index (χ2v) is 9.30. The highest BCUT2D eigenvalue weighted by atomic mass is 32.1. The zero-order chi connectivity index (χ0) is 24.2. The molecule has 2 saturated heterocycles. The number of rotatable bonds is 4. The number of carbonyl (C=O) groups is 3. The van der Waals surface area contributed by atoms with Gasteiger partial charge in [0.15, 0.2) is 5.11 Å². The highest BCUT2D eigenvalue weighted by molar-refractivity contribution is 7.80. The van der Waals surface area contributed by atoms with Crippen LogP contribution in [-0.4, -0.2) is 46.9 Å². The molecule has 2 fully saturated rings. The van der Waals surface area contributed by atoms with Crippen LogP contribution < -0.4 is 21.1 Å². The third-order valence-electron chi connectivity index (χ3n) is 6.29. The van der Waals surface area contributed by atoms with Crippen LogP contribution in [0, 0.1) is 19.8 Å². The molecule has 3 amide bonds. The molecule has 2 aliphatic heterocycles. The first-order valence-corrected chi connectivity index (χ1v) is 11.8. The fourth-order valence-corrected chi connectivity index (χ4v) is 4.56. The predicted molar refractivity (Wildman–Crippen MR) is 135 cm³/mol. The van der Waals surface area contributed by atoms with Gasteiger partial charge in [0.2, 0.25) is 11.8 Å². The largest absolute Gasteiger partial charge is 0.331 e. The maximum absolute atomic E-state index is 13.1. The van der Waals surface area contributed by atoms with Gasteiger partial charge in [-0.3, -0.25) is 30.1 Å². The maximum atomic E-state index is 13.1. The zero-order valence-corrected chi connectivity index (χ0v) is 20.2. The van der Waals surface area contributed by atoms with E-state index in [1.54, 1.807) is 12.1 Å². The minimum absolute atomic E-state index is 0.129. The molecule has 0 aromatic heterocycles. The molecule has 2 aromatic rings. The summed E-state index contributed by atoms with van der Waals surface area (Å²) >= 11 is 5.26. The molecule has 0 saturated carbocycles. The van der Waals surface area contributed by atoms with Gasteiger partial charge in [0, 0.05) is 12.2 Å². The van der Waals surface area contributed by atoms with Crippen molar-refractivity contribution in [1.82, 2.24) is 15.8 Å². The molecule has 34 heavy (non-hydrogen) atoms. The van der Waals surface area contributed by atoms with E-state index in [1.807, 2.05) is 55.1 Å². The SMILES string of the molecule is Cc1ccc(NC(=S)NNC(=O)C2CCCN(C3CC(=O)N(c4ccc(C)cc4)C3=O)C2)cc1. The number of hydrogen-bond donors (Lipinski definition) is 3. The number of hydrazine groups is 1. The summed E-state index contributed by atoms with van der Waals surface area (Å²) in [5, 5.41) is 3.31. The Morgan fingerprint density at radius 3 is 2.29 bits per heavy atom. The molecule has 2 aromatic carbocycles. The lowest BCUT2D eigenvalue weighted by molar-refractivity contribution is -0.130. The van der Waals surface area contributed by atoms with Gasteiger partial charge in [0.05, 0.1) is 24.1 Å². The van der Waals surface area contributed by atoms with Crippen molar-refractivity contribution in [2.75, 3.05) is 23.3 Å². The zero-order valence-electron chi connectivity index (χ0n) is 19.3. The Hall–Kier alpha value is -3.30. The number of carbonyl (C=O) groups excluding carboxylic acids is 3. The van der Waals surface area contributed by atoms with Crippen LogP contribution >= 0.6 is 12.2 Å². The van der Waals surface area contributed by atoms with Crippen molar-refractivity contribution < 1.29 is 14.4 Å². The highest BCUT2D eigenvalue weighted by Gasteiger charge is 2.44. The molecular weight excluding hydrogens is 450 g/mol. The first-order valence-electron chi connectivity index (χ1n) is 11.4. The first kappa shape index (κ1) is 23.8. The van der Waals surface area contributed by atoms with Crippen molar-refractivity contribution in [1.29, 1.82) is 0 Å². The molecule has 0 aliphatic carbocycles. The number of aryl methyl sites for hydroxylation is 2. The summed E-state index contributed by atoms with van der Waals surface area (Å²) in [6.45, 7) is 5.05. The molecule has 0 radical (unpaired) electrons. The van der Waals surface area contributed by atoms with E-state index in [1.165, 1.54) is 4.90 Å². The topological polar surface area (TPSA) is 93.8 Å². The number of hydrogen-bond acceptors (Lipinski definition) is 5. The highest BCUT2D eigenvalue weighted by Crippen LogP contribution is 2.29. The summed E-state index contributed by atoms with van der Waals surface area (Å²) in [7, 11) is 0. The Balaban J connectivity index is 1.32. The number of piperidine rings is 1. The monoisotopic (exact) mass is 479 g/mol. The van der Waals surface area contributed by atoms with Crippen LogP contribution in [0.2, 0.25) is 0 Å². The van der Waals surface area contributed by atoms with Gasteiger partial charge in [-0.05, 0) is 69.7 Å². The third-order valence-corrected chi connectivity index (χ3v) is 6.49. The maximum Gasteiger partial charge on any atom is 0.251 e. The quantitative estimate of drug-likeness (QED) is 0.353. The molecule has 4 rings (SSSR count). The molecule has 8 nitrogen and oxygen atoms in total. The number of imide groups is 1. The Kier molecular flexibility index (Phi) is 7.23. The smallest absolute Gasteiger partial charge is 0.251 e. The number of benzene rings is 2. The molecular formula is C25H29N5O3S. The predicted octanol–water partition coefficient (Wildman–Crippen LogP) is 2.67. The van der Waals surface area contributed by atoms with Crippen LogP contribution in [0.3, 0.4) is 0 Å². The summed E-state index contributed by atoms with van der Waals surface area (Å²) in [5.41, 5.74) is 9.04. The molecule has 9 heteroatoms. The Morgan fingerprint density at radius 2 is 1.62 bits per heavy atom. The van der Waals surface area contributed by atoms with E-state index in [2.05, 4.69) is 16.2 Å². The fourth-order valence-electron chi connectivity index (χ4n) is 4.39. The van der Waals surface area contributed by atoms with Gasteiger partial charge in [-0.25, -0.2) is 4.90 Å². The van der Waals surface area contributed by atoms with Crippen molar-refractivity contribution in [2.24, 2.45) is 5.92 Å². The lowest BCUT2D eigenvalue weighted by Gasteiger charge is -2.34. The van der Waals surface area contributed by atoms with E-state index >= 15 is 0 Å². The van der Waals surface area contributed by atoms with Crippen LogP contribution in [0.4, 0.5) is 11.4 Å². The number of nitrogens with zero attached hydrogens (tertiary/aromatic N) is 2. The van der Waals surface area contributed by atoms with Crippen molar-refractivity contribution >= 4 is 46.4 Å². The third kappa shape index (κ3) is 5.43. The molecule has 2 heterocycles. The van der Waals surface area contributed by atoms with Gasteiger partial charge in [0.1, 0.15) is 0 Å². The van der Waals surface area contributed by atoms with Crippen LogP contribution in [0.25, 0.3) is 0 Å². The fraction of sp³-hybridized carbons (Fsp3) is 0.360. The minimum atomic E-state index is -0.540. The minimum Gasteiger partial charge on any atom is -0.331 e. The van der Waals surface area contributed by atoms with Crippen LogP contribution in [0.15, 0.2) is 48.5 Å². The summed E-state index contributed by atoms with van der Waals surface area (Å²) in [6.07, 6.45) is 1.61. The van der Waals surface area contributed by atoms with Crippen molar-refractivity contribution in [2.45, 2.75) is 39.2 Å². The number of amides is 3. The Labute approximate surface area is 204 Å². The second kappa shape index (κ2) is 10.3. The summed E-state index contributed by atoms with van der Waals surface area (Å²) in [4.78, 5) is 41.8. The van der Waals surface area contributed by atoms with E-state index in [0.717, 1.165) is 23.2 Å². The first-order chi connectivity index (χ1) is 16.3. The average molecular weight is 480 g/mol. The van der Waals surface area contributed by atoms with Crippen molar-refractivity contribution in [3.05, 3.63) is 59.7 Å². The molecule has 2 atom stereocenters. The molecule has 178 valence electrons. The standard InChI is InChI=1S/C25H29N5O3S/c1-16-5-9-19(10-6-16)26-25(34)28-27-23(32)18-4-3-13-29(15-18)21-14-22(31)30(24(21)33)20-11-7-17(2)8-12-20/h5-12,18,21H,3-4,13-15H2,1-2H3,(H,27,32)(H2,26,28,34). The van der Waals surface area contributed by atoms with Crippen LogP contribution in [-0.2, 0) is 14.4 Å². The van der Waals surface area contributed by atoms with E-state index in [4.69, 9.17) is 12.2 Å². The molecule has 0 bridgehead atoms. The second-order valence-electron chi connectivity index (χ2n) is 8.89. The van der Waals surface area contributed by atoms with Crippen LogP contribution in [0.5, 0.6) is 0 Å². The number of nitrogens with one attached hydrogen (secondary N) is 3. The van der Waals surface area contributed by atoms with Gasteiger partial charge in [-0.1, -0.05) is 35.4 Å². The molecule has 0 spiro atoms. The summed E-state index contributed by atoms with van der Waals surface area (Å²) < 4.78 is 0. The lowest BCUT2D eigenvalue weighted by atomic mass is 9.95. The Bertz CT molecular complexity index is 1090. The van der Waals surface area contributed by atoms with E-state index < -0.39 is 6.04 Å². The van der Waals surface area contributed by atoms with Gasteiger partial charge < -0.3 is 5.32 Å². The molecule has 3 N–H and O–H groups in total. The van der Waals surface area contributed by atoms with Crippen LogP contribution in [0.1, 0.15) is 30.4 Å². The van der Waals surface area contributed by atoms with Crippen molar-refractivity contribution in [3.63, 3.8) is 0 Å². The van der Waals surface area contributed by atoms with Gasteiger partial charge in [-0.15, -0.1) is 0 Å². The lowest BCUT2D eigenvalue weighted by Crippen LogP contribution is -2.52. The van der Waals surface area contributed by atoms with Gasteiger partial charge in [-0.2, -0.15) is 0 Å². The average Bonchev–Trinajstić information content (AvgIpc) is 3.13. The van der Waals surface area contributed by atoms with Crippen molar-refractivity contribution in [3.8, 4) is 0 Å². The van der Waals surface area contributed by atoms with Gasteiger partial charge in [0.25, 0.3) is 5.91 Å². The van der Waals surface area contributed by atoms with E-state index in [0.29, 0.717) is 25.2 Å².